The minimum Gasteiger partial charge on any atom is -0.508 e. The second-order valence-electron chi connectivity index (χ2n) is 12.0. The molecule has 1 heterocycles. The van der Waals surface area contributed by atoms with E-state index < -0.39 is 66.2 Å². The van der Waals surface area contributed by atoms with E-state index in [2.05, 4.69) is 37.5 Å². The minimum absolute atomic E-state index is 0.0250. The number of amides is 4. The molecular weight excluding hydrogens is 678 g/mol. The summed E-state index contributed by atoms with van der Waals surface area (Å²) in [5, 5.41) is 42.6. The maximum Gasteiger partial charge on any atom is 0.326 e. The fourth-order valence-electron chi connectivity index (χ4n) is 4.92. The van der Waals surface area contributed by atoms with Gasteiger partial charge in [-0.05, 0) is 54.2 Å². The molecule has 4 amide bonds. The Balaban J connectivity index is 1.68. The molecule has 4 atom stereocenters. The number of hydrogen-bond acceptors (Lipinski definition) is 11. The van der Waals surface area contributed by atoms with Crippen molar-refractivity contribution < 1.29 is 39.3 Å². The highest BCUT2D eigenvalue weighted by Gasteiger charge is 2.29. The Labute approximate surface area is 299 Å². The molecule has 3 rings (SSSR count). The Morgan fingerprint density at radius 1 is 0.922 bits per heavy atom. The van der Waals surface area contributed by atoms with Gasteiger partial charge in [0.2, 0.25) is 23.6 Å². The zero-order valence-corrected chi connectivity index (χ0v) is 29.0. The molecule has 0 spiro atoms. The molecule has 272 valence electrons. The molecule has 15 nitrogen and oxygen atoms in total. The molecule has 1 unspecified atom stereocenters. The number of carbonyl (C=O) groups excluding carboxylic acids is 4. The van der Waals surface area contributed by atoms with Crippen molar-refractivity contribution in [3.8, 4) is 23.8 Å². The van der Waals surface area contributed by atoms with Gasteiger partial charge in [0.15, 0.2) is 0 Å². The number of nitrogens with zero attached hydrogens (tertiary/aromatic N) is 1. The average Bonchev–Trinajstić information content (AvgIpc) is 3.10. The number of benzene rings is 2. The Hall–Kier alpha value is -5.37. The molecule has 16 heteroatoms. The smallest absolute Gasteiger partial charge is 0.326 e. The number of carbonyl (C=O) groups is 5. The molecule has 1 aromatic heterocycles. The standard InChI is InChI=1S/C35H43N7O8S/c1-4-13-38-34(24-11-12-28(44)31-23(24)6-5-14-37-31)51-19-27(33(48)42-26(35(49)50)15-20(2)3)41-30(46)18-39-29(45)17-40-32(47)25(36)16-21-7-9-22(43)10-8-21/h1,5-12,14,20,25-27,34,38,43-44H,13,15-19,36H2,2-3H3,(H,39,45)(H,40,47)(H,41,46)(H,42,48)(H,49,50)/t25-,26-,27-,34?/m0/s1. The fraction of sp³-hybridized carbons (Fsp3) is 0.371. The number of hydrogen-bond donors (Lipinski definition) is 9. The number of nitrogens with one attached hydrogen (secondary N) is 5. The first-order valence-corrected chi connectivity index (χ1v) is 17.1. The lowest BCUT2D eigenvalue weighted by molar-refractivity contribution is -0.142. The monoisotopic (exact) mass is 721 g/mol. The number of carboxylic acid groups (broad SMARTS) is 1. The molecule has 0 radical (unpaired) electrons. The number of thioether (sulfide) groups is 1. The van der Waals surface area contributed by atoms with Crippen LogP contribution < -0.4 is 32.3 Å². The number of aliphatic carboxylic acids is 1. The molecule has 0 aliphatic rings. The summed E-state index contributed by atoms with van der Waals surface area (Å²) in [6.07, 6.45) is 7.36. The van der Waals surface area contributed by atoms with Crippen molar-refractivity contribution in [2.75, 3.05) is 25.4 Å². The Kier molecular flexibility index (Phi) is 15.5. The minimum atomic E-state index is -1.25. The van der Waals surface area contributed by atoms with Crippen LogP contribution in [-0.2, 0) is 30.4 Å². The van der Waals surface area contributed by atoms with Crippen LogP contribution >= 0.6 is 11.8 Å². The van der Waals surface area contributed by atoms with Gasteiger partial charge in [-0.3, -0.25) is 29.5 Å². The molecule has 2 aromatic carbocycles. The predicted molar refractivity (Wildman–Crippen MR) is 192 cm³/mol. The Morgan fingerprint density at radius 3 is 2.29 bits per heavy atom. The van der Waals surface area contributed by atoms with E-state index in [4.69, 9.17) is 12.2 Å². The van der Waals surface area contributed by atoms with Gasteiger partial charge in [-0.15, -0.1) is 18.2 Å². The third kappa shape index (κ3) is 12.8. The van der Waals surface area contributed by atoms with E-state index in [1.54, 1.807) is 30.3 Å². The van der Waals surface area contributed by atoms with Crippen molar-refractivity contribution in [3.63, 3.8) is 0 Å². The number of fused-ring (bicyclic) bond motifs is 1. The van der Waals surface area contributed by atoms with Gasteiger partial charge in [0.25, 0.3) is 0 Å². The number of rotatable bonds is 19. The van der Waals surface area contributed by atoms with Gasteiger partial charge in [0.1, 0.15) is 29.1 Å². The van der Waals surface area contributed by atoms with E-state index in [0.717, 1.165) is 0 Å². The topological polar surface area (TPSA) is 245 Å². The third-order valence-electron chi connectivity index (χ3n) is 7.46. The summed E-state index contributed by atoms with van der Waals surface area (Å²) in [5.74, 6) is -1.59. The van der Waals surface area contributed by atoms with Gasteiger partial charge in [-0.25, -0.2) is 4.79 Å². The number of phenolic OH excluding ortho intramolecular Hbond substituents is 2. The van der Waals surface area contributed by atoms with Crippen LogP contribution in [0.25, 0.3) is 10.9 Å². The van der Waals surface area contributed by atoms with Crippen LogP contribution in [0.3, 0.4) is 0 Å². The number of pyridine rings is 1. The van der Waals surface area contributed by atoms with E-state index in [9.17, 15) is 39.3 Å². The molecule has 0 bridgehead atoms. The summed E-state index contributed by atoms with van der Waals surface area (Å²) < 4.78 is 0. The first-order chi connectivity index (χ1) is 24.3. The van der Waals surface area contributed by atoms with Crippen LogP contribution in [0.1, 0.15) is 36.8 Å². The number of aromatic hydroxyl groups is 2. The molecule has 0 aliphatic carbocycles. The largest absolute Gasteiger partial charge is 0.508 e. The lowest BCUT2D eigenvalue weighted by Crippen LogP contribution is -2.54. The summed E-state index contributed by atoms with van der Waals surface area (Å²) >= 11 is 1.20. The number of carboxylic acids is 1. The number of terminal acetylenes is 1. The van der Waals surface area contributed by atoms with Crippen molar-refractivity contribution in [2.45, 2.75) is 50.2 Å². The van der Waals surface area contributed by atoms with Gasteiger partial charge in [-0.2, -0.15) is 0 Å². The van der Waals surface area contributed by atoms with E-state index in [-0.39, 0.29) is 42.6 Å². The summed E-state index contributed by atoms with van der Waals surface area (Å²) in [6.45, 7) is 2.74. The molecule has 0 fully saturated rings. The van der Waals surface area contributed by atoms with Crippen molar-refractivity contribution >= 4 is 52.3 Å². The van der Waals surface area contributed by atoms with Crippen LogP contribution in [0.5, 0.6) is 11.5 Å². The second kappa shape index (κ2) is 19.7. The van der Waals surface area contributed by atoms with E-state index in [1.807, 2.05) is 13.8 Å². The molecule has 0 saturated carbocycles. The Bertz CT molecular complexity index is 1730. The summed E-state index contributed by atoms with van der Waals surface area (Å²) in [7, 11) is 0. The SMILES string of the molecule is C#CCNC(SC[C@H](NC(=O)CNC(=O)CNC(=O)[C@@H](N)Cc1ccc(O)cc1)C(=O)N[C@@H](CC(C)C)C(=O)O)c1ccc(O)c2ncccc12. The van der Waals surface area contributed by atoms with Gasteiger partial charge >= 0.3 is 5.97 Å². The lowest BCUT2D eigenvalue weighted by Gasteiger charge is -2.25. The third-order valence-corrected chi connectivity index (χ3v) is 8.73. The predicted octanol–water partition coefficient (Wildman–Crippen LogP) is 0.503. The molecule has 3 aromatic rings. The summed E-state index contributed by atoms with van der Waals surface area (Å²) in [5.41, 5.74) is 7.69. The Morgan fingerprint density at radius 2 is 1.63 bits per heavy atom. The van der Waals surface area contributed by atoms with Crippen molar-refractivity contribution in [3.05, 3.63) is 65.9 Å². The highest BCUT2D eigenvalue weighted by atomic mass is 32.2. The van der Waals surface area contributed by atoms with Gasteiger partial charge in [-0.1, -0.05) is 44.0 Å². The number of aromatic nitrogens is 1. The summed E-state index contributed by atoms with van der Waals surface area (Å²) in [4.78, 5) is 67.5. The maximum absolute atomic E-state index is 13.5. The van der Waals surface area contributed by atoms with E-state index in [1.165, 1.54) is 36.2 Å². The summed E-state index contributed by atoms with van der Waals surface area (Å²) in [6, 6.07) is 9.38. The maximum atomic E-state index is 13.5. The number of nitrogens with two attached hydrogens (primary N) is 1. The van der Waals surface area contributed by atoms with Crippen LogP contribution in [0.15, 0.2) is 54.7 Å². The van der Waals surface area contributed by atoms with E-state index >= 15 is 0 Å². The highest BCUT2D eigenvalue weighted by molar-refractivity contribution is 7.99. The molecular formula is C35H43N7O8S. The van der Waals surface area contributed by atoms with Crippen LogP contribution in [0.2, 0.25) is 0 Å². The van der Waals surface area contributed by atoms with Crippen molar-refractivity contribution in [1.29, 1.82) is 0 Å². The zero-order chi connectivity index (χ0) is 37.5. The molecule has 0 aliphatic heterocycles. The zero-order valence-electron chi connectivity index (χ0n) is 28.2. The van der Waals surface area contributed by atoms with Gasteiger partial charge < -0.3 is 42.3 Å². The average molecular weight is 722 g/mol. The van der Waals surface area contributed by atoms with Gasteiger partial charge in [0.05, 0.1) is 31.0 Å². The molecule has 10 N–H and O–H groups in total. The van der Waals surface area contributed by atoms with Gasteiger partial charge in [0, 0.05) is 17.3 Å². The lowest BCUT2D eigenvalue weighted by atomic mass is 10.0. The molecule has 0 saturated heterocycles. The van der Waals surface area contributed by atoms with Crippen molar-refractivity contribution in [1.82, 2.24) is 31.6 Å². The highest BCUT2D eigenvalue weighted by Crippen LogP contribution is 2.35. The number of phenols is 2. The van der Waals surface area contributed by atoms with Crippen molar-refractivity contribution in [2.24, 2.45) is 11.7 Å². The first kappa shape index (κ1) is 40.1. The van der Waals surface area contributed by atoms with Crippen LogP contribution in [0.4, 0.5) is 0 Å². The quantitative estimate of drug-likeness (QED) is 0.0607. The second-order valence-corrected chi connectivity index (χ2v) is 13.1. The normalized spacial score (nSPS) is 13.3. The van der Waals surface area contributed by atoms with Crippen LogP contribution in [-0.4, -0.2) is 93.4 Å². The first-order valence-electron chi connectivity index (χ1n) is 16.0. The molecule has 51 heavy (non-hydrogen) atoms. The van der Waals surface area contributed by atoms with Crippen LogP contribution in [0, 0.1) is 18.3 Å². The van der Waals surface area contributed by atoms with E-state index in [0.29, 0.717) is 22.0 Å². The fourth-order valence-corrected chi connectivity index (χ4v) is 6.13.